The molecule has 0 N–H and O–H groups in total. The van der Waals surface area contributed by atoms with E-state index < -0.39 is 11.9 Å². The van der Waals surface area contributed by atoms with Gasteiger partial charge in [0.1, 0.15) is 23.9 Å². The second kappa shape index (κ2) is 18.3. The van der Waals surface area contributed by atoms with Crippen molar-refractivity contribution in [1.82, 2.24) is 0 Å². The molecule has 1 heterocycles. The zero-order valence-electron chi connectivity index (χ0n) is 27.3. The number of esters is 3. The van der Waals surface area contributed by atoms with Crippen molar-refractivity contribution in [2.24, 2.45) is 5.92 Å². The van der Waals surface area contributed by atoms with Gasteiger partial charge in [-0.2, -0.15) is 0 Å². The maximum Gasteiger partial charge on any atom is 0.336 e. The van der Waals surface area contributed by atoms with Gasteiger partial charge in [0.15, 0.2) is 0 Å². The SMILES string of the molecule is C=C(C)C(=O)OCc1cc(-c2ccc(/C=C/C(=O)Oc3ccc(OCCCCCCC)cc3)cc2)ccc1OCC1CCC(=O)OC1. The Labute approximate surface area is 277 Å². The molecule has 0 amide bonds. The van der Waals surface area contributed by atoms with Crippen molar-refractivity contribution < 1.29 is 38.1 Å². The van der Waals surface area contributed by atoms with Gasteiger partial charge in [0.25, 0.3) is 0 Å². The number of rotatable bonds is 17. The summed E-state index contributed by atoms with van der Waals surface area (Å²) in [6, 6.07) is 20.5. The Bertz CT molecular complexity index is 1510. The van der Waals surface area contributed by atoms with Crippen LogP contribution in [0.15, 0.2) is 85.0 Å². The lowest BCUT2D eigenvalue weighted by Gasteiger charge is -2.22. The number of hydrogen-bond donors (Lipinski definition) is 0. The third kappa shape index (κ3) is 11.8. The van der Waals surface area contributed by atoms with Crippen LogP contribution < -0.4 is 14.2 Å². The normalized spacial score (nSPS) is 14.3. The van der Waals surface area contributed by atoms with Crippen LogP contribution in [0, 0.1) is 5.92 Å². The van der Waals surface area contributed by atoms with Gasteiger partial charge in [0.05, 0.1) is 19.8 Å². The summed E-state index contributed by atoms with van der Waals surface area (Å²) in [6.45, 7) is 8.86. The van der Waals surface area contributed by atoms with E-state index in [0.717, 1.165) is 28.9 Å². The maximum atomic E-state index is 12.4. The molecule has 0 spiro atoms. The molecule has 0 aliphatic carbocycles. The maximum absolute atomic E-state index is 12.4. The van der Waals surface area contributed by atoms with Crippen molar-refractivity contribution in [3.63, 3.8) is 0 Å². The van der Waals surface area contributed by atoms with E-state index in [9.17, 15) is 14.4 Å². The van der Waals surface area contributed by atoms with Crippen LogP contribution in [-0.4, -0.2) is 37.7 Å². The molecule has 3 aromatic carbocycles. The fraction of sp³-hybridized carbons (Fsp3) is 0.359. The molecule has 0 aromatic heterocycles. The standard InChI is InChI=1S/C39H44O8/c1-4-5-6-7-8-23-43-34-16-18-35(19-17-34)47-38(41)22-11-29-9-13-31(14-10-29)32-15-20-36(33(24-32)27-46-39(42)28(2)3)44-25-30-12-21-37(40)45-26-30/h9-11,13-20,22,24,30H,2,4-8,12,21,23,25-27H2,1,3H3/b22-11+. The Morgan fingerprint density at radius 3 is 2.34 bits per heavy atom. The minimum atomic E-state index is -0.482. The van der Waals surface area contributed by atoms with Gasteiger partial charge in [0.2, 0.25) is 0 Å². The number of ether oxygens (including phenoxy) is 5. The summed E-state index contributed by atoms with van der Waals surface area (Å²) in [5.74, 6) is 0.759. The molecule has 1 unspecified atom stereocenters. The molecule has 0 bridgehead atoms. The highest BCUT2D eigenvalue weighted by molar-refractivity contribution is 5.89. The first-order valence-electron chi connectivity index (χ1n) is 16.3. The van der Waals surface area contributed by atoms with Crippen molar-refractivity contribution in [3.05, 3.63) is 96.1 Å². The van der Waals surface area contributed by atoms with Crippen LogP contribution in [0.25, 0.3) is 17.2 Å². The molecule has 248 valence electrons. The number of cyclic esters (lactones) is 1. The number of carbonyl (C=O) groups is 3. The van der Waals surface area contributed by atoms with E-state index in [1.165, 1.54) is 31.8 Å². The minimum absolute atomic E-state index is 0.0202. The van der Waals surface area contributed by atoms with E-state index in [0.29, 0.717) is 55.3 Å². The lowest BCUT2D eigenvalue weighted by atomic mass is 10.0. The number of benzene rings is 3. The minimum Gasteiger partial charge on any atom is -0.494 e. The summed E-state index contributed by atoms with van der Waals surface area (Å²) < 4.78 is 27.9. The molecule has 8 nitrogen and oxygen atoms in total. The fourth-order valence-electron chi connectivity index (χ4n) is 4.91. The smallest absolute Gasteiger partial charge is 0.336 e. The molecule has 0 radical (unpaired) electrons. The molecule has 47 heavy (non-hydrogen) atoms. The molecule has 0 saturated carbocycles. The van der Waals surface area contributed by atoms with E-state index in [1.54, 1.807) is 37.3 Å². The average Bonchev–Trinajstić information content (AvgIpc) is 3.08. The van der Waals surface area contributed by atoms with Crippen LogP contribution in [0.2, 0.25) is 0 Å². The highest BCUT2D eigenvalue weighted by atomic mass is 16.5. The van der Waals surface area contributed by atoms with Gasteiger partial charge in [-0.05, 0) is 78.9 Å². The van der Waals surface area contributed by atoms with Gasteiger partial charge in [-0.3, -0.25) is 4.79 Å². The predicted molar refractivity (Wildman–Crippen MR) is 181 cm³/mol. The quantitative estimate of drug-likeness (QED) is 0.0630. The molecule has 8 heteroatoms. The third-order valence-electron chi connectivity index (χ3n) is 7.69. The van der Waals surface area contributed by atoms with E-state index in [1.807, 2.05) is 42.5 Å². The van der Waals surface area contributed by atoms with Crippen LogP contribution in [0.5, 0.6) is 17.2 Å². The van der Waals surface area contributed by atoms with E-state index >= 15 is 0 Å². The summed E-state index contributed by atoms with van der Waals surface area (Å²) in [5, 5.41) is 0. The number of carbonyl (C=O) groups excluding carboxylic acids is 3. The average molecular weight is 641 g/mol. The van der Waals surface area contributed by atoms with Gasteiger partial charge < -0.3 is 23.7 Å². The second-order valence-electron chi connectivity index (χ2n) is 11.7. The van der Waals surface area contributed by atoms with Crippen molar-refractivity contribution >= 4 is 24.0 Å². The van der Waals surface area contributed by atoms with E-state index in [4.69, 9.17) is 23.7 Å². The molecule has 1 saturated heterocycles. The molecule has 3 aromatic rings. The molecule has 1 fully saturated rings. The van der Waals surface area contributed by atoms with Gasteiger partial charge in [-0.15, -0.1) is 0 Å². The lowest BCUT2D eigenvalue weighted by Crippen LogP contribution is -2.26. The first-order valence-corrected chi connectivity index (χ1v) is 16.3. The first kappa shape index (κ1) is 35.0. The summed E-state index contributed by atoms with van der Waals surface area (Å²) in [4.78, 5) is 35.9. The number of hydrogen-bond acceptors (Lipinski definition) is 8. The van der Waals surface area contributed by atoms with Crippen molar-refractivity contribution in [1.29, 1.82) is 0 Å². The van der Waals surface area contributed by atoms with Gasteiger partial charge in [0, 0.05) is 29.6 Å². The second-order valence-corrected chi connectivity index (χ2v) is 11.7. The van der Waals surface area contributed by atoms with Gasteiger partial charge in [-0.1, -0.05) is 69.5 Å². The first-order chi connectivity index (χ1) is 22.8. The predicted octanol–water partition coefficient (Wildman–Crippen LogP) is 8.27. The Kier molecular flexibility index (Phi) is 13.7. The van der Waals surface area contributed by atoms with E-state index in [-0.39, 0.29) is 18.5 Å². The Morgan fingerprint density at radius 1 is 0.915 bits per heavy atom. The molecular formula is C39H44O8. The fourth-order valence-corrected chi connectivity index (χ4v) is 4.91. The van der Waals surface area contributed by atoms with E-state index in [2.05, 4.69) is 13.5 Å². The molecule has 4 rings (SSSR count). The molecular weight excluding hydrogens is 596 g/mol. The largest absolute Gasteiger partial charge is 0.494 e. The zero-order valence-corrected chi connectivity index (χ0v) is 27.3. The Hall–Kier alpha value is -4.85. The molecule has 1 atom stereocenters. The van der Waals surface area contributed by atoms with Crippen LogP contribution in [-0.2, 0) is 30.5 Å². The topological polar surface area (TPSA) is 97.4 Å². The van der Waals surface area contributed by atoms with Crippen molar-refractivity contribution in [2.45, 2.75) is 65.4 Å². The zero-order chi connectivity index (χ0) is 33.4. The monoisotopic (exact) mass is 640 g/mol. The summed E-state index contributed by atoms with van der Waals surface area (Å²) in [6.07, 6.45) is 10.1. The highest BCUT2D eigenvalue weighted by Gasteiger charge is 2.21. The summed E-state index contributed by atoms with van der Waals surface area (Å²) in [7, 11) is 0. The Balaban J connectivity index is 1.32. The number of unbranched alkanes of at least 4 members (excludes halogenated alkanes) is 4. The Morgan fingerprint density at radius 2 is 1.64 bits per heavy atom. The van der Waals surface area contributed by atoms with Crippen LogP contribution in [0.1, 0.15) is 69.9 Å². The van der Waals surface area contributed by atoms with Crippen LogP contribution in [0.4, 0.5) is 0 Å². The summed E-state index contributed by atoms with van der Waals surface area (Å²) >= 11 is 0. The molecule has 1 aliphatic rings. The van der Waals surface area contributed by atoms with Crippen LogP contribution in [0.3, 0.4) is 0 Å². The van der Waals surface area contributed by atoms with Gasteiger partial charge >= 0.3 is 17.9 Å². The van der Waals surface area contributed by atoms with Gasteiger partial charge in [-0.25, -0.2) is 9.59 Å². The lowest BCUT2D eigenvalue weighted by molar-refractivity contribution is -0.150. The molecule has 1 aliphatic heterocycles. The van der Waals surface area contributed by atoms with Crippen molar-refractivity contribution in [3.8, 4) is 28.4 Å². The summed E-state index contributed by atoms with van der Waals surface area (Å²) in [5.41, 5.74) is 3.69. The van der Waals surface area contributed by atoms with Crippen LogP contribution >= 0.6 is 0 Å². The van der Waals surface area contributed by atoms with Crippen molar-refractivity contribution in [2.75, 3.05) is 19.8 Å². The third-order valence-corrected chi connectivity index (χ3v) is 7.69. The highest BCUT2D eigenvalue weighted by Crippen LogP contribution is 2.29.